The maximum atomic E-state index is 10.9. The van der Waals surface area contributed by atoms with E-state index in [-0.39, 0.29) is 12.5 Å². The van der Waals surface area contributed by atoms with Gasteiger partial charge in [0.1, 0.15) is 0 Å². The lowest BCUT2D eigenvalue weighted by molar-refractivity contribution is -0.136. The predicted octanol–water partition coefficient (Wildman–Crippen LogP) is 3.53. The summed E-state index contributed by atoms with van der Waals surface area (Å²) in [6.07, 6.45) is 0.0738. The van der Waals surface area contributed by atoms with Gasteiger partial charge in [-0.15, -0.1) is 11.3 Å². The summed E-state index contributed by atoms with van der Waals surface area (Å²) in [6.45, 7) is 4.91. The Morgan fingerprint density at radius 2 is 1.95 bits per heavy atom. The van der Waals surface area contributed by atoms with Gasteiger partial charge in [0.2, 0.25) is 0 Å². The van der Waals surface area contributed by atoms with Crippen LogP contribution in [-0.2, 0) is 17.8 Å². The Bertz CT molecular complexity index is 592. The molecule has 20 heavy (non-hydrogen) atoms. The molecule has 4 heteroatoms. The molecule has 0 aliphatic carbocycles. The fraction of sp³-hybridized carbons (Fsp3) is 0.312. The fourth-order valence-electron chi connectivity index (χ4n) is 2.12. The Balaban J connectivity index is 2.01. The number of benzene rings is 1. The normalized spacial score (nSPS) is 12.3. The maximum Gasteiger partial charge on any atom is 0.307 e. The number of nitrogens with one attached hydrogen (secondary N) is 1. The van der Waals surface area contributed by atoms with Gasteiger partial charge in [-0.25, -0.2) is 0 Å². The molecule has 0 bridgehead atoms. The van der Waals surface area contributed by atoms with Crippen LogP contribution in [0.3, 0.4) is 0 Å². The van der Waals surface area contributed by atoms with Gasteiger partial charge in [0, 0.05) is 22.3 Å². The third-order valence-electron chi connectivity index (χ3n) is 3.25. The van der Waals surface area contributed by atoms with E-state index < -0.39 is 5.97 Å². The van der Waals surface area contributed by atoms with E-state index in [0.29, 0.717) is 6.54 Å². The molecule has 0 spiro atoms. The summed E-state index contributed by atoms with van der Waals surface area (Å²) >= 11 is 1.79. The van der Waals surface area contributed by atoms with Crippen LogP contribution >= 0.6 is 11.3 Å². The Morgan fingerprint density at radius 1 is 1.25 bits per heavy atom. The Labute approximate surface area is 123 Å². The van der Waals surface area contributed by atoms with Crippen molar-refractivity contribution in [3.05, 3.63) is 57.3 Å². The van der Waals surface area contributed by atoms with Crippen molar-refractivity contribution >= 4 is 17.3 Å². The minimum atomic E-state index is -0.792. The van der Waals surface area contributed by atoms with E-state index in [1.165, 1.54) is 9.75 Å². The fourth-order valence-corrected chi connectivity index (χ4v) is 3.02. The number of aryl methyl sites for hydroxylation is 1. The molecule has 1 unspecified atom stereocenters. The Morgan fingerprint density at radius 3 is 2.55 bits per heavy atom. The molecule has 0 radical (unpaired) electrons. The molecule has 3 nitrogen and oxygen atoms in total. The first-order chi connectivity index (χ1) is 9.56. The first-order valence-corrected chi connectivity index (χ1v) is 7.46. The quantitative estimate of drug-likeness (QED) is 0.855. The lowest BCUT2D eigenvalue weighted by atomic mass is 10.0. The zero-order chi connectivity index (χ0) is 14.5. The van der Waals surface area contributed by atoms with Gasteiger partial charge in [0.15, 0.2) is 0 Å². The summed E-state index contributed by atoms with van der Waals surface area (Å²) in [7, 11) is 0. The molecule has 1 aromatic carbocycles. The smallest absolute Gasteiger partial charge is 0.307 e. The summed E-state index contributed by atoms with van der Waals surface area (Å²) in [4.78, 5) is 13.5. The van der Waals surface area contributed by atoms with E-state index in [1.807, 2.05) is 24.3 Å². The van der Waals surface area contributed by atoms with Gasteiger partial charge in [-0.2, -0.15) is 0 Å². The van der Waals surface area contributed by atoms with E-state index in [2.05, 4.69) is 31.3 Å². The van der Waals surface area contributed by atoms with Crippen molar-refractivity contribution in [3.63, 3.8) is 0 Å². The highest BCUT2D eigenvalue weighted by Crippen LogP contribution is 2.22. The first kappa shape index (κ1) is 14.8. The molecule has 106 valence electrons. The van der Waals surface area contributed by atoms with E-state index in [4.69, 9.17) is 5.11 Å². The summed E-state index contributed by atoms with van der Waals surface area (Å²) in [5.41, 5.74) is 1.93. The maximum absolute atomic E-state index is 10.9. The average Bonchev–Trinajstić information content (AvgIpc) is 2.83. The van der Waals surface area contributed by atoms with Gasteiger partial charge in [0.05, 0.1) is 6.42 Å². The van der Waals surface area contributed by atoms with Crippen molar-refractivity contribution in [2.75, 3.05) is 0 Å². The number of rotatable bonds is 6. The molecule has 0 aliphatic heterocycles. The topological polar surface area (TPSA) is 49.3 Å². The molecule has 1 atom stereocenters. The van der Waals surface area contributed by atoms with Gasteiger partial charge in [-0.3, -0.25) is 4.79 Å². The summed E-state index contributed by atoms with van der Waals surface area (Å²) in [6, 6.07) is 12.2. The largest absolute Gasteiger partial charge is 0.481 e. The van der Waals surface area contributed by atoms with E-state index in [9.17, 15) is 4.79 Å². The van der Waals surface area contributed by atoms with Crippen LogP contribution in [0.2, 0.25) is 0 Å². The standard InChI is InChI=1S/C16H19NO2S/c1-11-7-8-15(20-11)12(2)17-10-14-6-4-3-5-13(14)9-16(18)19/h3-8,12,17H,9-10H2,1-2H3,(H,18,19). The second-order valence-electron chi connectivity index (χ2n) is 4.89. The third-order valence-corrected chi connectivity index (χ3v) is 4.43. The predicted molar refractivity (Wildman–Crippen MR) is 82.1 cm³/mol. The van der Waals surface area contributed by atoms with Crippen molar-refractivity contribution in [2.24, 2.45) is 0 Å². The number of aliphatic carboxylic acids is 1. The van der Waals surface area contributed by atoms with Gasteiger partial charge in [-0.05, 0) is 37.1 Å². The van der Waals surface area contributed by atoms with Crippen LogP contribution in [0.4, 0.5) is 0 Å². The molecule has 1 aromatic heterocycles. The minimum Gasteiger partial charge on any atom is -0.481 e. The highest BCUT2D eigenvalue weighted by Gasteiger charge is 2.10. The number of carboxylic acid groups (broad SMARTS) is 1. The van der Waals surface area contributed by atoms with Crippen LogP contribution in [0, 0.1) is 6.92 Å². The van der Waals surface area contributed by atoms with Gasteiger partial charge in [-0.1, -0.05) is 24.3 Å². The summed E-state index contributed by atoms with van der Waals surface area (Å²) in [5.74, 6) is -0.792. The number of carboxylic acids is 1. The number of hydrogen-bond donors (Lipinski definition) is 2. The summed E-state index contributed by atoms with van der Waals surface area (Å²) in [5, 5.41) is 12.4. The van der Waals surface area contributed by atoms with Crippen LogP contribution in [0.1, 0.15) is 33.8 Å². The minimum absolute atomic E-state index is 0.0738. The molecule has 0 fully saturated rings. The van der Waals surface area contributed by atoms with E-state index >= 15 is 0 Å². The summed E-state index contributed by atoms with van der Waals surface area (Å²) < 4.78 is 0. The van der Waals surface area contributed by atoms with Crippen molar-refractivity contribution in [2.45, 2.75) is 32.9 Å². The van der Waals surface area contributed by atoms with Crippen LogP contribution in [0.15, 0.2) is 36.4 Å². The molecule has 2 rings (SSSR count). The molecule has 0 aliphatic rings. The number of hydrogen-bond acceptors (Lipinski definition) is 3. The van der Waals surface area contributed by atoms with Crippen molar-refractivity contribution in [1.82, 2.24) is 5.32 Å². The lowest BCUT2D eigenvalue weighted by Crippen LogP contribution is -2.18. The molecular weight excluding hydrogens is 270 g/mol. The molecule has 2 aromatic rings. The first-order valence-electron chi connectivity index (χ1n) is 6.64. The molecule has 1 heterocycles. The molecule has 2 N–H and O–H groups in total. The molecule has 0 saturated carbocycles. The second kappa shape index (κ2) is 6.68. The Kier molecular flexibility index (Phi) is 4.93. The average molecular weight is 289 g/mol. The highest BCUT2D eigenvalue weighted by atomic mass is 32.1. The number of carbonyl (C=O) groups is 1. The van der Waals surface area contributed by atoms with Gasteiger partial charge >= 0.3 is 5.97 Å². The number of thiophene rings is 1. The molecule has 0 amide bonds. The van der Waals surface area contributed by atoms with Gasteiger partial charge < -0.3 is 10.4 Å². The van der Waals surface area contributed by atoms with Crippen molar-refractivity contribution in [3.8, 4) is 0 Å². The van der Waals surface area contributed by atoms with E-state index in [0.717, 1.165) is 11.1 Å². The molecular formula is C16H19NO2S. The Hall–Kier alpha value is -1.65. The zero-order valence-electron chi connectivity index (χ0n) is 11.7. The van der Waals surface area contributed by atoms with Crippen molar-refractivity contribution in [1.29, 1.82) is 0 Å². The zero-order valence-corrected chi connectivity index (χ0v) is 12.5. The van der Waals surface area contributed by atoms with Crippen LogP contribution < -0.4 is 5.32 Å². The van der Waals surface area contributed by atoms with E-state index in [1.54, 1.807) is 11.3 Å². The SMILES string of the molecule is Cc1ccc(C(C)NCc2ccccc2CC(=O)O)s1. The van der Waals surface area contributed by atoms with Crippen LogP contribution in [0.5, 0.6) is 0 Å². The lowest BCUT2D eigenvalue weighted by Gasteiger charge is -2.14. The molecule has 0 saturated heterocycles. The van der Waals surface area contributed by atoms with Gasteiger partial charge in [0.25, 0.3) is 0 Å². The second-order valence-corrected chi connectivity index (χ2v) is 6.21. The van der Waals surface area contributed by atoms with Crippen LogP contribution in [-0.4, -0.2) is 11.1 Å². The monoisotopic (exact) mass is 289 g/mol. The highest BCUT2D eigenvalue weighted by molar-refractivity contribution is 7.12. The third kappa shape index (κ3) is 3.92. The van der Waals surface area contributed by atoms with Crippen LogP contribution in [0.25, 0.3) is 0 Å². The van der Waals surface area contributed by atoms with Crippen molar-refractivity contribution < 1.29 is 9.90 Å².